The van der Waals surface area contributed by atoms with Crippen molar-refractivity contribution in [3.63, 3.8) is 0 Å². The average molecular weight is 382 g/mol. The van der Waals surface area contributed by atoms with Crippen LogP contribution in [0.1, 0.15) is 18.7 Å². The molecule has 0 aliphatic carbocycles. The van der Waals surface area contributed by atoms with E-state index in [1.54, 1.807) is 17.4 Å². The fraction of sp³-hybridized carbons (Fsp3) is 0.238. The summed E-state index contributed by atoms with van der Waals surface area (Å²) in [7, 11) is 0. The smallest absolute Gasteiger partial charge is 0.248 e. The van der Waals surface area contributed by atoms with Gasteiger partial charge in [0.2, 0.25) is 11.8 Å². The van der Waals surface area contributed by atoms with Crippen LogP contribution in [-0.4, -0.2) is 34.4 Å². The van der Waals surface area contributed by atoms with Crippen LogP contribution < -0.4 is 5.32 Å². The van der Waals surface area contributed by atoms with Crippen LogP contribution in [0.5, 0.6) is 0 Å². The predicted molar refractivity (Wildman–Crippen MR) is 112 cm³/mol. The van der Waals surface area contributed by atoms with Crippen molar-refractivity contribution in [1.82, 2.24) is 9.47 Å². The second-order valence-corrected chi connectivity index (χ2v) is 7.10. The highest BCUT2D eigenvalue weighted by atomic mass is 32.1. The van der Waals surface area contributed by atoms with Crippen LogP contribution in [0.2, 0.25) is 0 Å². The number of carbonyl (C=O) groups excluding carboxylic acids is 2. The van der Waals surface area contributed by atoms with Crippen LogP contribution in [0.3, 0.4) is 0 Å². The summed E-state index contributed by atoms with van der Waals surface area (Å²) in [5.74, 6) is -0.0625. The molecular weight excluding hydrogens is 358 g/mol. The molecule has 1 aromatic carbocycles. The van der Waals surface area contributed by atoms with Crippen molar-refractivity contribution in [1.29, 1.82) is 0 Å². The molecule has 0 spiro atoms. The first-order valence-corrected chi connectivity index (χ1v) is 9.88. The largest absolute Gasteiger partial charge is 0.342 e. The van der Waals surface area contributed by atoms with Gasteiger partial charge in [-0.3, -0.25) is 9.59 Å². The van der Waals surface area contributed by atoms with Crippen molar-refractivity contribution in [3.8, 4) is 0 Å². The molecule has 0 saturated heterocycles. The molecular formula is C21H23N3O2S. The van der Waals surface area contributed by atoms with Gasteiger partial charge in [0.25, 0.3) is 0 Å². The lowest BCUT2D eigenvalue weighted by Gasteiger charge is -2.19. The van der Waals surface area contributed by atoms with Gasteiger partial charge in [-0.25, -0.2) is 0 Å². The van der Waals surface area contributed by atoms with E-state index in [1.807, 2.05) is 71.3 Å². The lowest BCUT2D eigenvalue weighted by Crippen LogP contribution is -2.33. The molecule has 3 rings (SSSR count). The first-order valence-electron chi connectivity index (χ1n) is 9.00. The Bertz CT molecular complexity index is 953. The number of anilines is 1. The summed E-state index contributed by atoms with van der Waals surface area (Å²) >= 11 is 1.59. The van der Waals surface area contributed by atoms with E-state index in [2.05, 4.69) is 5.32 Å². The standard InChI is InChI=1S/C21H23N3O2S/c1-3-23(4-2)21(26)15-24-12-11-16-14-17(7-9-19(16)24)22-20(25)10-8-18-6-5-13-27-18/h5-14H,3-4,15H2,1-2H3,(H,22,25). The third-order valence-corrected chi connectivity index (χ3v) is 5.24. The van der Waals surface area contributed by atoms with E-state index >= 15 is 0 Å². The van der Waals surface area contributed by atoms with Gasteiger partial charge in [-0.1, -0.05) is 6.07 Å². The zero-order chi connectivity index (χ0) is 19.2. The van der Waals surface area contributed by atoms with Gasteiger partial charge >= 0.3 is 0 Å². The average Bonchev–Trinajstić information content (AvgIpc) is 3.31. The molecule has 6 heteroatoms. The molecule has 2 amide bonds. The molecule has 1 N–H and O–H groups in total. The highest BCUT2D eigenvalue weighted by molar-refractivity contribution is 7.10. The summed E-state index contributed by atoms with van der Waals surface area (Å²) in [6, 6.07) is 11.6. The molecule has 27 heavy (non-hydrogen) atoms. The van der Waals surface area contributed by atoms with Crippen molar-refractivity contribution in [3.05, 3.63) is 58.9 Å². The number of carbonyl (C=O) groups is 2. The van der Waals surface area contributed by atoms with Crippen molar-refractivity contribution >= 4 is 45.8 Å². The molecule has 0 unspecified atom stereocenters. The summed E-state index contributed by atoms with van der Waals surface area (Å²) in [5.41, 5.74) is 1.71. The van der Waals surface area contributed by atoms with Gasteiger partial charge < -0.3 is 14.8 Å². The minimum Gasteiger partial charge on any atom is -0.342 e. The Hall–Kier alpha value is -2.86. The minimum atomic E-state index is -0.168. The Labute approximate surface area is 162 Å². The maximum absolute atomic E-state index is 12.3. The second kappa shape index (κ2) is 8.68. The normalized spacial score (nSPS) is 11.2. The molecule has 0 bridgehead atoms. The zero-order valence-electron chi connectivity index (χ0n) is 15.5. The monoisotopic (exact) mass is 381 g/mol. The van der Waals surface area contributed by atoms with Gasteiger partial charge in [0.1, 0.15) is 6.54 Å². The lowest BCUT2D eigenvalue weighted by atomic mass is 10.2. The van der Waals surface area contributed by atoms with E-state index in [-0.39, 0.29) is 11.8 Å². The third kappa shape index (κ3) is 4.65. The summed E-state index contributed by atoms with van der Waals surface area (Å²) < 4.78 is 1.94. The Morgan fingerprint density at radius 2 is 2.00 bits per heavy atom. The number of hydrogen-bond acceptors (Lipinski definition) is 3. The Balaban J connectivity index is 1.69. The van der Waals surface area contributed by atoms with Gasteiger partial charge in [0.05, 0.1) is 0 Å². The Morgan fingerprint density at radius 1 is 1.19 bits per heavy atom. The predicted octanol–water partition coefficient (Wildman–Crippen LogP) is 4.22. The number of nitrogens with one attached hydrogen (secondary N) is 1. The van der Waals surface area contributed by atoms with E-state index in [9.17, 15) is 9.59 Å². The Kier molecular flexibility index (Phi) is 6.08. The molecule has 2 heterocycles. The summed E-state index contributed by atoms with van der Waals surface area (Å²) in [5, 5.41) is 5.84. The number of amides is 2. The first kappa shape index (κ1) is 18.9. The van der Waals surface area contributed by atoms with Gasteiger partial charge in [-0.2, -0.15) is 0 Å². The molecule has 5 nitrogen and oxygen atoms in total. The molecule has 2 aromatic heterocycles. The highest BCUT2D eigenvalue weighted by Gasteiger charge is 2.12. The Morgan fingerprint density at radius 3 is 2.70 bits per heavy atom. The number of aromatic nitrogens is 1. The fourth-order valence-corrected chi connectivity index (χ4v) is 3.58. The molecule has 0 fully saturated rings. The first-order chi connectivity index (χ1) is 13.1. The number of likely N-dealkylation sites (N-methyl/N-ethyl adjacent to an activating group) is 1. The van der Waals surface area contributed by atoms with Crippen molar-refractivity contribution in [2.24, 2.45) is 0 Å². The topological polar surface area (TPSA) is 54.3 Å². The van der Waals surface area contributed by atoms with Crippen LogP contribution in [0.15, 0.2) is 54.1 Å². The molecule has 0 radical (unpaired) electrons. The zero-order valence-corrected chi connectivity index (χ0v) is 16.3. The number of rotatable bonds is 7. The fourth-order valence-electron chi connectivity index (χ4n) is 2.97. The molecule has 140 valence electrons. The van der Waals surface area contributed by atoms with Gasteiger partial charge in [-0.05, 0) is 55.6 Å². The molecule has 0 aliphatic rings. The van der Waals surface area contributed by atoms with Crippen molar-refractivity contribution < 1.29 is 9.59 Å². The molecule has 0 aliphatic heterocycles. The van der Waals surface area contributed by atoms with Crippen LogP contribution in [0.25, 0.3) is 17.0 Å². The lowest BCUT2D eigenvalue weighted by molar-refractivity contribution is -0.131. The molecule has 0 saturated carbocycles. The third-order valence-electron chi connectivity index (χ3n) is 4.40. The number of nitrogens with zero attached hydrogens (tertiary/aromatic N) is 2. The highest BCUT2D eigenvalue weighted by Crippen LogP contribution is 2.21. The van der Waals surface area contributed by atoms with E-state index in [0.717, 1.165) is 21.5 Å². The SMILES string of the molecule is CCN(CC)C(=O)Cn1ccc2cc(NC(=O)C=Cc3cccs3)ccc21. The minimum absolute atomic E-state index is 0.105. The number of hydrogen-bond donors (Lipinski definition) is 1. The second-order valence-electron chi connectivity index (χ2n) is 6.12. The van der Waals surface area contributed by atoms with E-state index < -0.39 is 0 Å². The molecule has 3 aromatic rings. The quantitative estimate of drug-likeness (QED) is 0.623. The van der Waals surface area contributed by atoms with Gasteiger partial charge in [0, 0.05) is 46.8 Å². The van der Waals surface area contributed by atoms with Crippen LogP contribution in [0.4, 0.5) is 5.69 Å². The van der Waals surface area contributed by atoms with Crippen LogP contribution in [0, 0.1) is 0 Å². The summed E-state index contributed by atoms with van der Waals surface area (Å²) in [4.78, 5) is 27.3. The van der Waals surface area contributed by atoms with E-state index in [1.165, 1.54) is 6.08 Å². The number of fused-ring (bicyclic) bond motifs is 1. The van der Waals surface area contributed by atoms with Crippen LogP contribution in [-0.2, 0) is 16.1 Å². The molecule has 0 atom stereocenters. The summed E-state index contributed by atoms with van der Waals surface area (Å²) in [6.07, 6.45) is 5.24. The van der Waals surface area contributed by atoms with E-state index in [0.29, 0.717) is 19.6 Å². The van der Waals surface area contributed by atoms with Crippen molar-refractivity contribution in [2.45, 2.75) is 20.4 Å². The van der Waals surface area contributed by atoms with Crippen molar-refractivity contribution in [2.75, 3.05) is 18.4 Å². The van der Waals surface area contributed by atoms with Gasteiger partial charge in [-0.15, -0.1) is 11.3 Å². The van der Waals surface area contributed by atoms with Gasteiger partial charge in [0.15, 0.2) is 0 Å². The maximum Gasteiger partial charge on any atom is 0.248 e. The summed E-state index contributed by atoms with van der Waals surface area (Å²) in [6.45, 7) is 5.71. The number of thiophene rings is 1. The maximum atomic E-state index is 12.3. The number of benzene rings is 1. The van der Waals surface area contributed by atoms with Crippen LogP contribution >= 0.6 is 11.3 Å². The van der Waals surface area contributed by atoms with E-state index in [4.69, 9.17) is 0 Å².